The zero-order valence-corrected chi connectivity index (χ0v) is 14.1. The first kappa shape index (κ1) is 17.0. The Balaban J connectivity index is 1.50. The largest absolute Gasteiger partial charge is 0.392 e. The van der Waals surface area contributed by atoms with Crippen molar-refractivity contribution in [2.75, 3.05) is 18.0 Å². The fraction of sp³-hybridized carbons (Fsp3) is 0.250. The molecule has 0 atom stereocenters. The number of nitrogens with zero attached hydrogens (tertiary/aromatic N) is 1. The van der Waals surface area contributed by atoms with Crippen LogP contribution in [0.5, 0.6) is 0 Å². The van der Waals surface area contributed by atoms with Crippen molar-refractivity contribution in [3.8, 4) is 0 Å². The van der Waals surface area contributed by atoms with Crippen molar-refractivity contribution < 1.29 is 9.90 Å². The fourth-order valence-corrected chi connectivity index (χ4v) is 2.86. The maximum atomic E-state index is 12.0. The fourth-order valence-electron chi connectivity index (χ4n) is 2.86. The van der Waals surface area contributed by atoms with Gasteiger partial charge in [0, 0.05) is 31.9 Å². The number of nitrogens with one attached hydrogen (secondary N) is 2. The number of carbonyl (C=O) groups excluding carboxylic acids is 1. The highest BCUT2D eigenvalue weighted by Gasteiger charge is 2.08. The summed E-state index contributed by atoms with van der Waals surface area (Å²) in [6.07, 6.45) is 4.31. The van der Waals surface area contributed by atoms with E-state index in [1.54, 1.807) is 0 Å². The summed E-state index contributed by atoms with van der Waals surface area (Å²) in [5.41, 5.74) is 3.98. The van der Waals surface area contributed by atoms with E-state index < -0.39 is 0 Å². The molecule has 3 rings (SSSR count). The number of aliphatic hydroxyl groups excluding tert-OH is 1. The highest BCUT2D eigenvalue weighted by atomic mass is 16.3. The Bertz CT molecular complexity index is 750. The molecule has 1 heterocycles. The van der Waals surface area contributed by atoms with Crippen LogP contribution in [0.3, 0.4) is 0 Å². The summed E-state index contributed by atoms with van der Waals surface area (Å²) >= 11 is 0. The summed E-state index contributed by atoms with van der Waals surface area (Å²) in [6, 6.07) is 15.5. The standard InChI is InChI=1S/C20H23N3O2/c24-15-18-8-2-1-7-17(18)14-22-20(25)21-13-16-6-5-9-19(12-16)23-10-3-4-11-23/h1-9,12,24H,10-11,13-15H2,(H2,21,22,25). The Morgan fingerprint density at radius 1 is 0.960 bits per heavy atom. The average molecular weight is 337 g/mol. The molecule has 0 radical (unpaired) electrons. The third-order valence-electron chi connectivity index (χ3n) is 4.28. The third kappa shape index (κ3) is 4.61. The summed E-state index contributed by atoms with van der Waals surface area (Å²) in [5, 5.41) is 15.0. The Morgan fingerprint density at radius 2 is 1.68 bits per heavy atom. The maximum Gasteiger partial charge on any atom is 0.315 e. The summed E-state index contributed by atoms with van der Waals surface area (Å²) in [5.74, 6) is 0. The molecule has 0 saturated heterocycles. The molecule has 0 aromatic heterocycles. The van der Waals surface area contributed by atoms with Crippen molar-refractivity contribution in [1.82, 2.24) is 10.6 Å². The first-order valence-electron chi connectivity index (χ1n) is 8.44. The van der Waals surface area contributed by atoms with Gasteiger partial charge in [0.15, 0.2) is 0 Å². The van der Waals surface area contributed by atoms with E-state index in [4.69, 9.17) is 0 Å². The molecular formula is C20H23N3O2. The minimum Gasteiger partial charge on any atom is -0.392 e. The quantitative estimate of drug-likeness (QED) is 0.710. The second-order valence-electron chi connectivity index (χ2n) is 6.01. The molecule has 1 aliphatic heterocycles. The van der Waals surface area contributed by atoms with E-state index in [-0.39, 0.29) is 12.6 Å². The minimum absolute atomic E-state index is 0.0301. The number of benzene rings is 2. The molecule has 2 aromatic carbocycles. The predicted molar refractivity (Wildman–Crippen MR) is 99.2 cm³/mol. The van der Waals surface area contributed by atoms with E-state index in [1.807, 2.05) is 36.4 Å². The Kier molecular flexibility index (Phi) is 5.69. The molecule has 2 aromatic rings. The normalized spacial score (nSPS) is 13.1. The van der Waals surface area contributed by atoms with Gasteiger partial charge >= 0.3 is 6.03 Å². The Hall–Kier alpha value is -2.79. The van der Waals surface area contributed by atoms with Gasteiger partial charge in [-0.05, 0) is 28.8 Å². The topological polar surface area (TPSA) is 64.6 Å². The van der Waals surface area contributed by atoms with Gasteiger partial charge in [0.05, 0.1) is 6.61 Å². The summed E-state index contributed by atoms with van der Waals surface area (Å²) in [4.78, 5) is 14.3. The number of anilines is 1. The molecule has 0 fully saturated rings. The molecule has 5 nitrogen and oxygen atoms in total. The first-order chi connectivity index (χ1) is 12.3. The predicted octanol–water partition coefficient (Wildman–Crippen LogP) is 2.55. The number of hydrogen-bond donors (Lipinski definition) is 3. The monoisotopic (exact) mass is 337 g/mol. The number of amides is 2. The van der Waals surface area contributed by atoms with Crippen molar-refractivity contribution >= 4 is 11.7 Å². The van der Waals surface area contributed by atoms with Crippen LogP contribution in [0.4, 0.5) is 10.5 Å². The van der Waals surface area contributed by atoms with E-state index in [0.29, 0.717) is 13.1 Å². The van der Waals surface area contributed by atoms with Crippen LogP contribution in [0.25, 0.3) is 0 Å². The van der Waals surface area contributed by atoms with E-state index >= 15 is 0 Å². The molecule has 0 unspecified atom stereocenters. The molecule has 3 N–H and O–H groups in total. The lowest BCUT2D eigenvalue weighted by atomic mass is 10.1. The summed E-state index contributed by atoms with van der Waals surface area (Å²) in [7, 11) is 0. The number of carbonyl (C=O) groups is 1. The van der Waals surface area contributed by atoms with Gasteiger partial charge < -0.3 is 20.6 Å². The van der Waals surface area contributed by atoms with Crippen molar-refractivity contribution in [2.45, 2.75) is 19.7 Å². The first-order valence-corrected chi connectivity index (χ1v) is 8.44. The van der Waals surface area contributed by atoms with Crippen LogP contribution in [0.15, 0.2) is 60.7 Å². The van der Waals surface area contributed by atoms with E-state index in [0.717, 1.165) is 29.8 Å². The number of aliphatic hydroxyl groups is 1. The molecular weight excluding hydrogens is 314 g/mol. The summed E-state index contributed by atoms with van der Waals surface area (Å²) in [6.45, 7) is 2.70. The molecule has 5 heteroatoms. The van der Waals surface area contributed by atoms with Gasteiger partial charge in [-0.2, -0.15) is 0 Å². The van der Waals surface area contributed by atoms with Gasteiger partial charge in [0.25, 0.3) is 0 Å². The zero-order valence-electron chi connectivity index (χ0n) is 14.1. The highest BCUT2D eigenvalue weighted by molar-refractivity contribution is 5.74. The lowest BCUT2D eigenvalue weighted by Crippen LogP contribution is -2.34. The maximum absolute atomic E-state index is 12.0. The van der Waals surface area contributed by atoms with Crippen molar-refractivity contribution in [1.29, 1.82) is 0 Å². The number of hydrogen-bond acceptors (Lipinski definition) is 3. The molecule has 2 amide bonds. The van der Waals surface area contributed by atoms with Gasteiger partial charge in [-0.1, -0.05) is 48.6 Å². The van der Waals surface area contributed by atoms with Crippen molar-refractivity contribution in [3.63, 3.8) is 0 Å². The number of urea groups is 1. The van der Waals surface area contributed by atoms with E-state index in [1.165, 1.54) is 5.69 Å². The molecule has 0 bridgehead atoms. The average Bonchev–Trinajstić information content (AvgIpc) is 3.20. The second-order valence-corrected chi connectivity index (χ2v) is 6.01. The van der Waals surface area contributed by atoms with E-state index in [9.17, 15) is 9.90 Å². The smallest absolute Gasteiger partial charge is 0.315 e. The molecule has 1 aliphatic rings. The van der Waals surface area contributed by atoms with Gasteiger partial charge in [-0.3, -0.25) is 0 Å². The van der Waals surface area contributed by atoms with Crippen molar-refractivity contribution in [2.24, 2.45) is 0 Å². The summed E-state index contributed by atoms with van der Waals surface area (Å²) < 4.78 is 0. The number of rotatable bonds is 6. The Labute approximate surface area is 148 Å². The van der Waals surface area contributed by atoms with E-state index in [2.05, 4.69) is 39.8 Å². The van der Waals surface area contributed by atoms with Gasteiger partial charge in [0.1, 0.15) is 0 Å². The van der Waals surface area contributed by atoms with Crippen LogP contribution in [-0.4, -0.2) is 24.2 Å². The van der Waals surface area contributed by atoms with Crippen LogP contribution < -0.4 is 15.5 Å². The lowest BCUT2D eigenvalue weighted by Gasteiger charge is -2.18. The molecule has 0 spiro atoms. The Morgan fingerprint density at radius 3 is 2.44 bits per heavy atom. The van der Waals surface area contributed by atoms with Crippen molar-refractivity contribution in [3.05, 3.63) is 77.4 Å². The van der Waals surface area contributed by atoms with Crippen LogP contribution in [0, 0.1) is 0 Å². The molecule has 0 saturated carbocycles. The highest BCUT2D eigenvalue weighted by Crippen LogP contribution is 2.18. The van der Waals surface area contributed by atoms with Gasteiger partial charge in [-0.25, -0.2) is 4.79 Å². The zero-order chi connectivity index (χ0) is 17.5. The van der Waals surface area contributed by atoms with Gasteiger partial charge in [-0.15, -0.1) is 0 Å². The molecule has 0 aliphatic carbocycles. The van der Waals surface area contributed by atoms with Crippen LogP contribution >= 0.6 is 0 Å². The van der Waals surface area contributed by atoms with Gasteiger partial charge in [0.2, 0.25) is 0 Å². The van der Waals surface area contributed by atoms with Crippen LogP contribution in [0.2, 0.25) is 0 Å². The minimum atomic E-state index is -0.221. The molecule has 130 valence electrons. The van der Waals surface area contributed by atoms with Crippen LogP contribution in [0.1, 0.15) is 16.7 Å². The van der Waals surface area contributed by atoms with Crippen LogP contribution in [-0.2, 0) is 19.7 Å². The SMILES string of the molecule is O=C(NCc1cccc(N2CC=CC2)c1)NCc1ccccc1CO. The molecule has 25 heavy (non-hydrogen) atoms. The lowest BCUT2D eigenvalue weighted by molar-refractivity contribution is 0.240. The third-order valence-corrected chi connectivity index (χ3v) is 4.28. The second kappa shape index (κ2) is 8.35.